The molecule has 2 aliphatic rings. The van der Waals surface area contributed by atoms with Crippen LogP contribution in [-0.4, -0.2) is 64.7 Å². The Morgan fingerprint density at radius 3 is 2.15 bits per heavy atom. The predicted octanol–water partition coefficient (Wildman–Crippen LogP) is 6.23. The molecule has 3 N–H and O–H groups in total. The molecular weight excluding hydrogens is 656 g/mol. The fourth-order valence-electron chi connectivity index (χ4n) is 6.59. The molecule has 2 fully saturated rings. The first kappa shape index (κ1) is 32.4. The number of nitrogens with one attached hydrogen (secondary N) is 1. The van der Waals surface area contributed by atoms with Crippen molar-refractivity contribution in [1.82, 2.24) is 14.8 Å². The molecule has 10 heteroatoms. The van der Waals surface area contributed by atoms with Gasteiger partial charge in [-0.15, -0.1) is 0 Å². The minimum absolute atomic E-state index is 0.00126. The molecule has 6 rings (SSSR count). The zero-order valence-electron chi connectivity index (χ0n) is 26.2. The van der Waals surface area contributed by atoms with Crippen LogP contribution in [0.25, 0.3) is 0 Å². The number of likely N-dealkylation sites (tertiary alicyclic amines) is 2. The number of nitrogens with zero attached hydrogens (tertiary/aromatic N) is 4. The topological polar surface area (TPSA) is 112 Å². The van der Waals surface area contributed by atoms with Crippen molar-refractivity contribution in [3.8, 4) is 0 Å². The highest BCUT2D eigenvalue weighted by Gasteiger charge is 2.35. The fraction of sp³-hybridized carbons (Fsp3) is 0.297. The summed E-state index contributed by atoms with van der Waals surface area (Å²) >= 11 is 3.54. The number of aromatic nitrogens is 1. The maximum atomic E-state index is 14.2. The van der Waals surface area contributed by atoms with Crippen LogP contribution in [0.5, 0.6) is 0 Å². The molecule has 242 valence electrons. The van der Waals surface area contributed by atoms with Gasteiger partial charge in [0.25, 0.3) is 11.8 Å². The van der Waals surface area contributed by atoms with Gasteiger partial charge in [-0.25, -0.2) is 4.98 Å². The lowest BCUT2D eigenvalue weighted by atomic mass is 9.93. The number of carbonyl (C=O) groups is 3. The molecule has 9 nitrogen and oxygen atoms in total. The molecule has 0 saturated carbocycles. The van der Waals surface area contributed by atoms with E-state index in [0.29, 0.717) is 54.3 Å². The van der Waals surface area contributed by atoms with Crippen molar-refractivity contribution < 1.29 is 14.4 Å². The number of rotatable bonds is 8. The Balaban J connectivity index is 1.15. The first-order valence-electron chi connectivity index (χ1n) is 16.1. The van der Waals surface area contributed by atoms with E-state index in [1.54, 1.807) is 18.3 Å². The highest BCUT2D eigenvalue weighted by molar-refractivity contribution is 9.10. The van der Waals surface area contributed by atoms with Gasteiger partial charge in [-0.1, -0.05) is 52.3 Å². The number of anilines is 3. The Hall–Kier alpha value is -4.54. The summed E-state index contributed by atoms with van der Waals surface area (Å²) in [5.41, 5.74) is 9.24. The molecular formula is C37H39BrN6O3. The third kappa shape index (κ3) is 7.89. The van der Waals surface area contributed by atoms with Gasteiger partial charge in [-0.05, 0) is 98.9 Å². The molecule has 3 aromatic carbocycles. The SMILES string of the molecule is Nc1cc(CN2CCC(C(=O)N3CCC(N(C(=O)c4ccccc4)c4ccc(Br)cc4NC(=O)c4ccccc4)CC3)CC2)ccn1. The van der Waals surface area contributed by atoms with Crippen molar-refractivity contribution in [2.45, 2.75) is 38.3 Å². The van der Waals surface area contributed by atoms with E-state index < -0.39 is 0 Å². The summed E-state index contributed by atoms with van der Waals surface area (Å²) in [6, 6.07) is 27.5. The van der Waals surface area contributed by atoms with Crippen LogP contribution >= 0.6 is 15.9 Å². The minimum atomic E-state index is -0.256. The van der Waals surface area contributed by atoms with E-state index in [1.165, 1.54) is 0 Å². The van der Waals surface area contributed by atoms with Crippen molar-refractivity contribution in [2.75, 3.05) is 42.1 Å². The number of pyridine rings is 1. The van der Waals surface area contributed by atoms with Gasteiger partial charge in [0, 0.05) is 53.4 Å². The van der Waals surface area contributed by atoms with Crippen molar-refractivity contribution in [2.24, 2.45) is 5.92 Å². The Morgan fingerprint density at radius 1 is 0.830 bits per heavy atom. The highest BCUT2D eigenvalue weighted by Crippen LogP contribution is 2.35. The van der Waals surface area contributed by atoms with E-state index in [9.17, 15) is 14.4 Å². The molecule has 2 saturated heterocycles. The monoisotopic (exact) mass is 694 g/mol. The quantitative estimate of drug-likeness (QED) is 0.226. The standard InChI is InChI=1S/C37H39BrN6O3/c38-30-11-12-33(32(24-30)41-35(45)27-7-3-1-4-8-27)44(37(47)28-9-5-2-6-10-28)31-16-21-43(22-17-31)36(46)29-14-19-42(20-15-29)25-26-13-18-40-34(39)23-26/h1-13,18,23-24,29,31H,14-17,19-22,25H2,(H2,39,40)(H,41,45). The molecule has 0 spiro atoms. The molecule has 2 aliphatic heterocycles. The van der Waals surface area contributed by atoms with Gasteiger partial charge >= 0.3 is 0 Å². The smallest absolute Gasteiger partial charge is 0.258 e. The van der Waals surface area contributed by atoms with Crippen LogP contribution in [0.4, 0.5) is 17.2 Å². The molecule has 0 bridgehead atoms. The number of benzene rings is 3. The minimum Gasteiger partial charge on any atom is -0.384 e. The summed E-state index contributed by atoms with van der Waals surface area (Å²) < 4.78 is 0.785. The summed E-state index contributed by atoms with van der Waals surface area (Å²) in [4.78, 5) is 51.3. The third-order valence-corrected chi connectivity index (χ3v) is 9.56. The lowest BCUT2D eigenvalue weighted by Gasteiger charge is -2.41. The van der Waals surface area contributed by atoms with Crippen LogP contribution in [0.3, 0.4) is 0 Å². The molecule has 0 radical (unpaired) electrons. The number of hydrogen-bond acceptors (Lipinski definition) is 6. The largest absolute Gasteiger partial charge is 0.384 e. The number of piperidine rings is 2. The van der Waals surface area contributed by atoms with Crippen LogP contribution in [0.15, 0.2) is 102 Å². The van der Waals surface area contributed by atoms with E-state index in [1.807, 2.05) is 88.7 Å². The predicted molar refractivity (Wildman–Crippen MR) is 188 cm³/mol. The Kier molecular flexibility index (Phi) is 10.3. The van der Waals surface area contributed by atoms with Crippen LogP contribution in [-0.2, 0) is 11.3 Å². The van der Waals surface area contributed by atoms with Gasteiger partial charge in [-0.2, -0.15) is 0 Å². The second-order valence-corrected chi connectivity index (χ2v) is 13.1. The number of nitrogen functional groups attached to an aromatic ring is 1. The van der Waals surface area contributed by atoms with Crippen LogP contribution < -0.4 is 16.0 Å². The van der Waals surface area contributed by atoms with E-state index >= 15 is 0 Å². The summed E-state index contributed by atoms with van der Waals surface area (Å²) in [6.45, 7) is 3.65. The Labute approximate surface area is 283 Å². The molecule has 3 heterocycles. The molecule has 0 atom stereocenters. The maximum Gasteiger partial charge on any atom is 0.258 e. The fourth-order valence-corrected chi connectivity index (χ4v) is 6.95. The first-order valence-corrected chi connectivity index (χ1v) is 16.9. The Bertz CT molecular complexity index is 1700. The maximum absolute atomic E-state index is 14.2. The zero-order chi connectivity index (χ0) is 32.8. The summed E-state index contributed by atoms with van der Waals surface area (Å²) in [6.07, 6.45) is 4.64. The molecule has 1 aromatic heterocycles. The number of nitrogens with two attached hydrogens (primary N) is 1. The highest BCUT2D eigenvalue weighted by atomic mass is 79.9. The normalized spacial score (nSPS) is 16.1. The summed E-state index contributed by atoms with van der Waals surface area (Å²) in [5, 5.41) is 3.04. The van der Waals surface area contributed by atoms with Gasteiger partial charge in [0.15, 0.2) is 0 Å². The number of carbonyl (C=O) groups excluding carboxylic acids is 3. The molecule has 47 heavy (non-hydrogen) atoms. The molecule has 3 amide bonds. The Morgan fingerprint density at radius 2 is 1.49 bits per heavy atom. The number of amides is 3. The lowest BCUT2D eigenvalue weighted by molar-refractivity contribution is -0.138. The lowest BCUT2D eigenvalue weighted by Crippen LogP contribution is -2.51. The second kappa shape index (κ2) is 14.9. The van der Waals surface area contributed by atoms with Crippen molar-refractivity contribution >= 4 is 50.8 Å². The van der Waals surface area contributed by atoms with Crippen LogP contribution in [0.1, 0.15) is 52.0 Å². The van der Waals surface area contributed by atoms with E-state index in [-0.39, 0.29) is 29.7 Å². The number of halogens is 1. The molecule has 4 aromatic rings. The second-order valence-electron chi connectivity index (χ2n) is 12.2. The van der Waals surface area contributed by atoms with Gasteiger partial charge in [0.1, 0.15) is 5.82 Å². The van der Waals surface area contributed by atoms with Gasteiger partial charge in [-0.3, -0.25) is 19.3 Å². The molecule has 0 unspecified atom stereocenters. The van der Waals surface area contributed by atoms with Crippen LogP contribution in [0.2, 0.25) is 0 Å². The third-order valence-electron chi connectivity index (χ3n) is 9.07. The van der Waals surface area contributed by atoms with Crippen LogP contribution in [0, 0.1) is 5.92 Å². The van der Waals surface area contributed by atoms with Crippen molar-refractivity contribution in [3.05, 3.63) is 118 Å². The molecule has 0 aliphatic carbocycles. The van der Waals surface area contributed by atoms with E-state index in [2.05, 4.69) is 31.1 Å². The summed E-state index contributed by atoms with van der Waals surface area (Å²) in [5.74, 6) is 0.327. The summed E-state index contributed by atoms with van der Waals surface area (Å²) in [7, 11) is 0. The van der Waals surface area contributed by atoms with E-state index in [4.69, 9.17) is 5.73 Å². The van der Waals surface area contributed by atoms with E-state index in [0.717, 1.165) is 42.5 Å². The van der Waals surface area contributed by atoms with Gasteiger partial charge in [0.2, 0.25) is 5.91 Å². The first-order chi connectivity index (χ1) is 22.9. The number of hydrogen-bond donors (Lipinski definition) is 2. The van der Waals surface area contributed by atoms with Gasteiger partial charge < -0.3 is 20.9 Å². The van der Waals surface area contributed by atoms with Crippen molar-refractivity contribution in [3.63, 3.8) is 0 Å². The average molecular weight is 696 g/mol. The zero-order valence-corrected chi connectivity index (χ0v) is 27.8. The van der Waals surface area contributed by atoms with Crippen molar-refractivity contribution in [1.29, 1.82) is 0 Å². The average Bonchev–Trinajstić information content (AvgIpc) is 3.10. The van der Waals surface area contributed by atoms with Gasteiger partial charge in [0.05, 0.1) is 11.4 Å².